The molecule has 1 aromatic heterocycles. The van der Waals surface area contributed by atoms with Crippen molar-refractivity contribution in [1.82, 2.24) is 14.5 Å². The second-order valence-corrected chi connectivity index (χ2v) is 8.61. The van der Waals surface area contributed by atoms with Gasteiger partial charge in [-0.15, -0.1) is 5.10 Å². The summed E-state index contributed by atoms with van der Waals surface area (Å²) >= 11 is 0. The maximum absolute atomic E-state index is 12.5. The van der Waals surface area contributed by atoms with Crippen molar-refractivity contribution in [2.45, 2.75) is 27.2 Å². The zero-order chi connectivity index (χ0) is 15.5. The van der Waals surface area contributed by atoms with Gasteiger partial charge in [-0.2, -0.15) is 5.10 Å². The average Bonchev–Trinajstić information content (AvgIpc) is 2.63. The predicted octanol–water partition coefficient (Wildman–Crippen LogP) is 1.36. The Morgan fingerprint density at radius 2 is 1.95 bits per heavy atom. The molecule has 7 heteroatoms. The summed E-state index contributed by atoms with van der Waals surface area (Å²) in [6, 6.07) is 3.76. The van der Waals surface area contributed by atoms with Crippen LogP contribution < -0.4 is 4.90 Å². The SMILES string of the molecule is CC(C)(C)CS(=O)(=O)N1CCCN(c2cccnn2)CC1. The van der Waals surface area contributed by atoms with Crippen LogP contribution in [0.25, 0.3) is 0 Å². The summed E-state index contributed by atoms with van der Waals surface area (Å²) in [6.07, 6.45) is 2.45. The standard InChI is InChI=1S/C14H24N4O2S/c1-14(2,3)12-21(19,20)18-9-5-8-17(10-11-18)13-6-4-7-15-16-13/h4,6-7H,5,8-12H2,1-3H3. The van der Waals surface area contributed by atoms with Gasteiger partial charge >= 0.3 is 0 Å². The molecule has 1 saturated heterocycles. The van der Waals surface area contributed by atoms with Crippen LogP contribution >= 0.6 is 0 Å². The third kappa shape index (κ3) is 4.64. The third-order valence-electron chi connectivity index (χ3n) is 3.35. The summed E-state index contributed by atoms with van der Waals surface area (Å²) in [6.45, 7) is 8.41. The highest BCUT2D eigenvalue weighted by Crippen LogP contribution is 2.20. The minimum absolute atomic E-state index is 0.186. The summed E-state index contributed by atoms with van der Waals surface area (Å²) < 4.78 is 26.6. The first-order valence-electron chi connectivity index (χ1n) is 7.28. The van der Waals surface area contributed by atoms with E-state index in [-0.39, 0.29) is 11.2 Å². The molecule has 1 fully saturated rings. The second kappa shape index (κ2) is 6.27. The summed E-state index contributed by atoms with van der Waals surface area (Å²) in [5.74, 6) is 0.998. The first-order valence-corrected chi connectivity index (χ1v) is 8.89. The molecule has 1 aliphatic heterocycles. The molecule has 0 aliphatic carbocycles. The molecule has 21 heavy (non-hydrogen) atoms. The maximum Gasteiger partial charge on any atom is 0.214 e. The third-order valence-corrected chi connectivity index (χ3v) is 5.73. The van der Waals surface area contributed by atoms with Crippen molar-refractivity contribution in [2.75, 3.05) is 36.8 Å². The van der Waals surface area contributed by atoms with Gasteiger partial charge in [0, 0.05) is 32.4 Å². The van der Waals surface area contributed by atoms with Gasteiger partial charge < -0.3 is 4.90 Å². The fraction of sp³-hybridized carbons (Fsp3) is 0.714. The maximum atomic E-state index is 12.5. The first-order chi connectivity index (χ1) is 9.78. The number of hydrogen-bond donors (Lipinski definition) is 0. The smallest absolute Gasteiger partial charge is 0.214 e. The lowest BCUT2D eigenvalue weighted by molar-refractivity contribution is 0.402. The topological polar surface area (TPSA) is 66.4 Å². The van der Waals surface area contributed by atoms with Gasteiger partial charge in [0.05, 0.1) is 5.75 Å². The highest BCUT2D eigenvalue weighted by Gasteiger charge is 2.29. The summed E-state index contributed by atoms with van der Waals surface area (Å²) in [5, 5.41) is 7.98. The van der Waals surface area contributed by atoms with E-state index < -0.39 is 10.0 Å². The Balaban J connectivity index is 2.04. The number of aromatic nitrogens is 2. The van der Waals surface area contributed by atoms with E-state index in [1.165, 1.54) is 0 Å². The minimum atomic E-state index is -3.20. The Morgan fingerprint density at radius 1 is 1.19 bits per heavy atom. The fourth-order valence-electron chi connectivity index (χ4n) is 2.50. The Morgan fingerprint density at radius 3 is 2.57 bits per heavy atom. The first kappa shape index (κ1) is 16.2. The van der Waals surface area contributed by atoms with E-state index in [0.29, 0.717) is 19.6 Å². The van der Waals surface area contributed by atoms with Crippen molar-refractivity contribution in [3.05, 3.63) is 18.3 Å². The summed E-state index contributed by atoms with van der Waals surface area (Å²) in [5.41, 5.74) is -0.226. The number of nitrogens with zero attached hydrogens (tertiary/aromatic N) is 4. The van der Waals surface area contributed by atoms with Crippen LogP contribution in [0.3, 0.4) is 0 Å². The molecule has 1 aliphatic rings. The zero-order valence-corrected chi connectivity index (χ0v) is 13.8. The molecular weight excluding hydrogens is 288 g/mol. The molecule has 2 rings (SSSR count). The van der Waals surface area contributed by atoms with Gasteiger partial charge in [-0.1, -0.05) is 20.8 Å². The van der Waals surface area contributed by atoms with Crippen molar-refractivity contribution in [3.8, 4) is 0 Å². The molecule has 0 saturated carbocycles. The predicted molar refractivity (Wildman–Crippen MR) is 83.7 cm³/mol. The van der Waals surface area contributed by atoms with Gasteiger partial charge in [0.2, 0.25) is 10.0 Å². The quantitative estimate of drug-likeness (QED) is 0.843. The van der Waals surface area contributed by atoms with Crippen LogP contribution in [0, 0.1) is 5.41 Å². The molecule has 1 aromatic rings. The number of hydrogen-bond acceptors (Lipinski definition) is 5. The average molecular weight is 312 g/mol. The molecule has 0 unspecified atom stereocenters. The molecule has 2 heterocycles. The Labute approximate surface area is 127 Å². The van der Waals surface area contributed by atoms with Crippen molar-refractivity contribution in [3.63, 3.8) is 0 Å². The second-order valence-electron chi connectivity index (χ2n) is 6.64. The largest absolute Gasteiger partial charge is 0.354 e. The van der Waals surface area contributed by atoms with E-state index >= 15 is 0 Å². The summed E-state index contributed by atoms with van der Waals surface area (Å²) in [7, 11) is -3.20. The highest BCUT2D eigenvalue weighted by atomic mass is 32.2. The van der Waals surface area contributed by atoms with Gasteiger partial charge in [0.25, 0.3) is 0 Å². The van der Waals surface area contributed by atoms with Gasteiger partial charge in [0.15, 0.2) is 5.82 Å². The zero-order valence-electron chi connectivity index (χ0n) is 13.0. The van der Waals surface area contributed by atoms with E-state index in [2.05, 4.69) is 15.1 Å². The van der Waals surface area contributed by atoms with Gasteiger partial charge in [0.1, 0.15) is 0 Å². The van der Waals surface area contributed by atoms with E-state index in [9.17, 15) is 8.42 Å². The number of sulfonamides is 1. The molecule has 0 radical (unpaired) electrons. The van der Waals surface area contributed by atoms with E-state index in [1.807, 2.05) is 32.9 Å². The van der Waals surface area contributed by atoms with Crippen molar-refractivity contribution in [1.29, 1.82) is 0 Å². The van der Waals surface area contributed by atoms with Crippen LogP contribution in [0.4, 0.5) is 5.82 Å². The lowest BCUT2D eigenvalue weighted by Crippen LogP contribution is -2.39. The molecule has 0 bridgehead atoms. The normalized spacial score (nSPS) is 18.5. The molecular formula is C14H24N4O2S. The van der Waals surface area contributed by atoms with Crippen LogP contribution in [0.15, 0.2) is 18.3 Å². The highest BCUT2D eigenvalue weighted by molar-refractivity contribution is 7.89. The van der Waals surface area contributed by atoms with Crippen molar-refractivity contribution < 1.29 is 8.42 Å². The Kier molecular flexibility index (Phi) is 4.83. The molecule has 0 atom stereocenters. The molecule has 0 spiro atoms. The van der Waals surface area contributed by atoms with E-state index in [1.54, 1.807) is 10.5 Å². The summed E-state index contributed by atoms with van der Waals surface area (Å²) in [4.78, 5) is 2.10. The van der Waals surface area contributed by atoms with Gasteiger partial charge in [-0.25, -0.2) is 12.7 Å². The Bertz CT molecular complexity index is 554. The lowest BCUT2D eigenvalue weighted by Gasteiger charge is -2.26. The van der Waals surface area contributed by atoms with Crippen LogP contribution in [-0.2, 0) is 10.0 Å². The van der Waals surface area contributed by atoms with E-state index in [0.717, 1.165) is 18.8 Å². The Hall–Kier alpha value is -1.21. The molecule has 118 valence electrons. The molecule has 0 N–H and O–H groups in total. The number of rotatable bonds is 3. The molecule has 0 amide bonds. The van der Waals surface area contributed by atoms with Crippen molar-refractivity contribution >= 4 is 15.8 Å². The number of anilines is 1. The minimum Gasteiger partial charge on any atom is -0.354 e. The van der Waals surface area contributed by atoms with Crippen LogP contribution in [0.2, 0.25) is 0 Å². The van der Waals surface area contributed by atoms with E-state index in [4.69, 9.17) is 0 Å². The van der Waals surface area contributed by atoms with Gasteiger partial charge in [-0.05, 0) is 24.0 Å². The van der Waals surface area contributed by atoms with Crippen molar-refractivity contribution in [2.24, 2.45) is 5.41 Å². The van der Waals surface area contributed by atoms with Crippen LogP contribution in [0.5, 0.6) is 0 Å². The van der Waals surface area contributed by atoms with Crippen LogP contribution in [0.1, 0.15) is 27.2 Å². The molecule has 6 nitrogen and oxygen atoms in total. The van der Waals surface area contributed by atoms with Crippen LogP contribution in [-0.4, -0.2) is 54.9 Å². The monoisotopic (exact) mass is 312 g/mol. The fourth-order valence-corrected chi connectivity index (χ4v) is 4.55. The van der Waals surface area contributed by atoms with Gasteiger partial charge in [-0.3, -0.25) is 0 Å². The molecule has 0 aromatic carbocycles. The lowest BCUT2D eigenvalue weighted by atomic mass is 10.0.